The van der Waals surface area contributed by atoms with Crippen molar-refractivity contribution in [2.45, 2.75) is 26.2 Å². The Balaban J connectivity index is 0.000000325. The molecule has 0 atom stereocenters. The number of hydrogen-bond acceptors (Lipinski definition) is 0. The number of aromatic nitrogens is 2. The summed E-state index contributed by atoms with van der Waals surface area (Å²) in [5, 5.41) is 0. The topological polar surface area (TPSA) is 19.7 Å². The standard InChI is InChI=1S/C8H14N2.F6P/c1-3-4-5-8-9-6-7-10(8)2;1-7(2,3,4,5)6/h6-7H,3-5H2,1-2H3;/q;-1/p+1. The molecule has 1 heterocycles. The molecule has 0 spiro atoms. The first-order valence-electron chi connectivity index (χ1n) is 4.88. The van der Waals surface area contributed by atoms with Crippen molar-refractivity contribution in [2.75, 3.05) is 0 Å². The molecule has 1 rings (SSSR count). The van der Waals surface area contributed by atoms with Crippen LogP contribution in [0.2, 0.25) is 0 Å². The fraction of sp³-hybridized carbons (Fsp3) is 0.625. The van der Waals surface area contributed by atoms with E-state index in [0.29, 0.717) is 0 Å². The van der Waals surface area contributed by atoms with Crippen molar-refractivity contribution in [2.24, 2.45) is 7.05 Å². The fourth-order valence-corrected chi connectivity index (χ4v) is 1.03. The Labute approximate surface area is 94.9 Å². The molecule has 0 aliphatic rings. The van der Waals surface area contributed by atoms with Crippen molar-refractivity contribution in [3.05, 3.63) is 18.2 Å². The van der Waals surface area contributed by atoms with Crippen LogP contribution in [0.1, 0.15) is 25.6 Å². The van der Waals surface area contributed by atoms with Crippen LogP contribution in [0.25, 0.3) is 0 Å². The van der Waals surface area contributed by atoms with Gasteiger partial charge in [0.25, 0.3) is 5.82 Å². The predicted molar refractivity (Wildman–Crippen MR) is 54.1 cm³/mol. The number of H-pyrrole nitrogens is 1. The molecular weight excluding hydrogens is 269 g/mol. The van der Waals surface area contributed by atoms with E-state index in [4.69, 9.17) is 0 Å². The van der Waals surface area contributed by atoms with Crippen molar-refractivity contribution >= 4 is 7.81 Å². The molecule has 1 aromatic rings. The molecule has 0 unspecified atom stereocenters. The van der Waals surface area contributed by atoms with Gasteiger partial charge in [-0.3, -0.25) is 0 Å². The van der Waals surface area contributed by atoms with Gasteiger partial charge in [-0.1, -0.05) is 13.3 Å². The van der Waals surface area contributed by atoms with Crippen molar-refractivity contribution < 1.29 is 29.7 Å². The van der Waals surface area contributed by atoms with Crippen molar-refractivity contribution in [3.8, 4) is 0 Å². The summed E-state index contributed by atoms with van der Waals surface area (Å²) < 4.78 is 61.3. The zero-order valence-corrected chi connectivity index (χ0v) is 10.3. The van der Waals surface area contributed by atoms with Crippen LogP contribution in [-0.2, 0) is 13.5 Å². The van der Waals surface area contributed by atoms with Gasteiger partial charge in [0.05, 0.1) is 7.05 Å². The summed E-state index contributed by atoms with van der Waals surface area (Å²) in [7, 11) is -8.59. The van der Waals surface area contributed by atoms with Gasteiger partial charge in [0.1, 0.15) is 12.4 Å². The van der Waals surface area contributed by atoms with Gasteiger partial charge in [-0.05, 0) is 6.42 Å². The molecule has 104 valence electrons. The van der Waals surface area contributed by atoms with Crippen LogP contribution in [-0.4, -0.2) is 4.98 Å². The summed E-state index contributed by atoms with van der Waals surface area (Å²) in [4.78, 5) is 3.20. The average Bonchev–Trinajstić information content (AvgIpc) is 2.42. The van der Waals surface area contributed by atoms with E-state index < -0.39 is 7.81 Å². The van der Waals surface area contributed by atoms with E-state index in [1.165, 1.54) is 25.1 Å². The average molecular weight is 284 g/mol. The fourth-order valence-electron chi connectivity index (χ4n) is 1.03. The van der Waals surface area contributed by atoms with E-state index in [1.54, 1.807) is 0 Å². The molecule has 0 bridgehead atoms. The maximum absolute atomic E-state index is 10.7. The molecule has 0 aliphatic heterocycles. The van der Waals surface area contributed by atoms with Gasteiger partial charge in [-0.15, -0.1) is 0 Å². The molecule has 0 saturated carbocycles. The second kappa shape index (κ2) is 4.48. The molecule has 0 radical (unpaired) electrons. The van der Waals surface area contributed by atoms with Crippen molar-refractivity contribution in [1.29, 1.82) is 0 Å². The number of halogens is 6. The number of nitrogens with one attached hydrogen (secondary N) is 1. The molecule has 9 heteroatoms. The third kappa shape index (κ3) is 15.2. The second-order valence-electron chi connectivity index (χ2n) is 3.58. The van der Waals surface area contributed by atoms with Gasteiger partial charge < -0.3 is 0 Å². The Morgan fingerprint density at radius 3 is 1.94 bits per heavy atom. The monoisotopic (exact) mass is 284 g/mol. The van der Waals surface area contributed by atoms with E-state index in [9.17, 15) is 25.2 Å². The van der Waals surface area contributed by atoms with E-state index in [2.05, 4.69) is 23.5 Å². The zero-order valence-electron chi connectivity index (χ0n) is 9.44. The molecule has 0 aliphatic carbocycles. The summed E-state index contributed by atoms with van der Waals surface area (Å²) in [6, 6.07) is 0. The molecule has 0 fully saturated rings. The third-order valence-corrected chi connectivity index (χ3v) is 1.74. The minimum absolute atomic E-state index is 1.17. The first kappa shape index (κ1) is 16.2. The number of unbranched alkanes of at least 4 members (excludes halogenated alkanes) is 1. The number of rotatable bonds is 3. The SMILES string of the molecule is CCCCc1[nH]cc[n+]1C.F[P-](F)(F)(F)(F)F. The molecular formula is C8H15F6N2P. The Bertz CT molecular complexity index is 343. The molecule has 1 N–H and O–H groups in total. The second-order valence-corrected chi connectivity index (χ2v) is 5.50. The van der Waals surface area contributed by atoms with Crippen LogP contribution in [0.4, 0.5) is 25.2 Å². The van der Waals surface area contributed by atoms with Crippen LogP contribution in [0.15, 0.2) is 12.4 Å². The summed E-state index contributed by atoms with van der Waals surface area (Å²) in [5.41, 5.74) is 0. The quantitative estimate of drug-likeness (QED) is 0.477. The number of hydrogen-bond donors (Lipinski definition) is 1. The van der Waals surface area contributed by atoms with Crippen molar-refractivity contribution in [3.63, 3.8) is 0 Å². The van der Waals surface area contributed by atoms with Gasteiger partial charge in [-0.2, -0.15) is 0 Å². The van der Waals surface area contributed by atoms with Gasteiger partial charge in [0, 0.05) is 6.42 Å². The third-order valence-electron chi connectivity index (χ3n) is 1.74. The van der Waals surface area contributed by atoms with Crippen LogP contribution >= 0.6 is 7.81 Å². The first-order valence-corrected chi connectivity index (χ1v) is 6.90. The van der Waals surface area contributed by atoms with E-state index in [1.807, 2.05) is 12.4 Å². The number of aryl methyl sites for hydroxylation is 2. The predicted octanol–water partition coefficient (Wildman–Crippen LogP) is 4.56. The maximum atomic E-state index is 9.87. The summed E-state index contributed by atoms with van der Waals surface area (Å²) in [5.74, 6) is 1.32. The van der Waals surface area contributed by atoms with Gasteiger partial charge >= 0.3 is 33.0 Å². The Morgan fingerprint density at radius 1 is 1.18 bits per heavy atom. The summed E-state index contributed by atoms with van der Waals surface area (Å²) in [6.45, 7) is 2.21. The van der Waals surface area contributed by atoms with Gasteiger partial charge in [0.2, 0.25) is 0 Å². The number of imidazole rings is 1. The molecule has 0 saturated heterocycles. The van der Waals surface area contributed by atoms with Crippen LogP contribution in [0.5, 0.6) is 0 Å². The Hall–Kier alpha value is -0.780. The normalized spacial score (nSPS) is 15.5. The van der Waals surface area contributed by atoms with E-state index in [0.717, 1.165) is 0 Å². The zero-order chi connectivity index (χ0) is 13.8. The van der Waals surface area contributed by atoms with Gasteiger partial charge in [0.15, 0.2) is 0 Å². The van der Waals surface area contributed by atoms with Crippen molar-refractivity contribution in [1.82, 2.24) is 4.98 Å². The van der Waals surface area contributed by atoms with E-state index >= 15 is 0 Å². The van der Waals surface area contributed by atoms with Crippen LogP contribution in [0, 0.1) is 0 Å². The summed E-state index contributed by atoms with van der Waals surface area (Å²) >= 11 is 0. The van der Waals surface area contributed by atoms with E-state index in [-0.39, 0.29) is 0 Å². The first-order chi connectivity index (χ1) is 7.29. The molecule has 2 nitrogen and oxygen atoms in total. The molecule has 17 heavy (non-hydrogen) atoms. The molecule has 1 aromatic heterocycles. The Morgan fingerprint density at radius 2 is 1.65 bits per heavy atom. The molecule has 0 amide bonds. The number of aromatic amines is 1. The Kier molecular flexibility index (Phi) is 4.27. The minimum atomic E-state index is -10.7. The van der Waals surface area contributed by atoms with Crippen LogP contribution < -0.4 is 4.57 Å². The van der Waals surface area contributed by atoms with Crippen LogP contribution in [0.3, 0.4) is 0 Å². The molecule has 0 aromatic carbocycles. The summed E-state index contributed by atoms with van der Waals surface area (Å²) in [6.07, 6.45) is 7.73. The number of nitrogens with zero attached hydrogens (tertiary/aromatic N) is 1. The van der Waals surface area contributed by atoms with Gasteiger partial charge in [-0.25, -0.2) is 9.55 Å².